The van der Waals surface area contributed by atoms with E-state index in [1.807, 2.05) is 0 Å². The Hall–Kier alpha value is -7.64. The van der Waals surface area contributed by atoms with Crippen molar-refractivity contribution in [1.82, 2.24) is 15.0 Å². The Morgan fingerprint density at radius 2 is 1.58 bits per heavy atom. The molecule has 0 bridgehead atoms. The predicted molar refractivity (Wildman–Crippen MR) is 216 cm³/mol. The van der Waals surface area contributed by atoms with Gasteiger partial charge in [0.05, 0.1) is 59.9 Å². The molecule has 2 atom stereocenters. The molecule has 0 spiro atoms. The molecule has 0 radical (unpaired) electrons. The molecule has 2 aliphatic heterocycles. The molecule has 60 heavy (non-hydrogen) atoms. The maximum Gasteiger partial charge on any atom is 0.325 e. The Bertz CT molecular complexity index is 2840. The smallest absolute Gasteiger partial charge is 0.325 e. The molecule has 2 aliphatic rings. The molecule has 7 aromatic rings. The van der Waals surface area contributed by atoms with E-state index in [1.54, 1.807) is 60.2 Å². The lowest BCUT2D eigenvalue weighted by Crippen LogP contribution is -2.19. The number of halogens is 2. The summed E-state index contributed by atoms with van der Waals surface area (Å²) in [6, 6.07) is 21.9. The number of pyridine rings is 2. The van der Waals surface area contributed by atoms with Gasteiger partial charge in [-0.1, -0.05) is 0 Å². The summed E-state index contributed by atoms with van der Waals surface area (Å²) in [6.45, 7) is 1.59. The number of urea groups is 1. The van der Waals surface area contributed by atoms with E-state index in [-0.39, 0.29) is 35.1 Å². The SMILES string of the molecule is COc1cc(Oc2ccc(N)c(F)c2)c2cc(C#N)c([C@@H]3CO3)cc2n1.N#Cc1cc2c(Oc3ccc(NC(=O)Nc4nccs4)c(F)c3)ccnc2cc1OC[C@H]1CO1. The van der Waals surface area contributed by atoms with Crippen LogP contribution in [0.1, 0.15) is 22.8 Å². The van der Waals surface area contributed by atoms with Crippen LogP contribution in [-0.4, -0.2) is 54.0 Å². The Kier molecular flexibility index (Phi) is 11.2. The topological polar surface area (TPSA) is 215 Å². The molecule has 18 heteroatoms. The first-order chi connectivity index (χ1) is 29.2. The van der Waals surface area contributed by atoms with E-state index in [9.17, 15) is 24.1 Å². The van der Waals surface area contributed by atoms with Crippen molar-refractivity contribution in [3.63, 3.8) is 0 Å². The molecule has 9 rings (SSSR count). The van der Waals surface area contributed by atoms with Crippen LogP contribution in [0, 0.1) is 34.3 Å². The number of nitrogens with zero attached hydrogens (tertiary/aromatic N) is 5. The quantitative estimate of drug-likeness (QED) is 0.0823. The van der Waals surface area contributed by atoms with Gasteiger partial charge >= 0.3 is 6.03 Å². The number of aromatic nitrogens is 3. The zero-order valence-electron chi connectivity index (χ0n) is 31.3. The monoisotopic (exact) mass is 828 g/mol. The standard InChI is InChI=1S/C23H16FN5O4S.C19H14FN3O3/c24-17-8-14(1-2-18(17)28-22(30)29-23-27-5-6-34-23)33-20-3-4-26-19-9-21(32-12-15-11-31-15)13(10-25)7-16(19)20;1-24-19-7-17(26-11-2-3-15(22)14(20)5-11)13-4-10(8-21)12(18-9-25-18)6-16(13)23-19/h1-9,15H,11-12H2,(H2,27,28,29,30);2-7,18H,9,22H2,1H3/t15-;18-/m10/s1. The molecule has 5 heterocycles. The van der Waals surface area contributed by atoms with E-state index in [2.05, 4.69) is 37.7 Å². The highest BCUT2D eigenvalue weighted by Gasteiger charge is 2.29. The fourth-order valence-electron chi connectivity index (χ4n) is 5.83. The Balaban J connectivity index is 0.000000172. The summed E-state index contributed by atoms with van der Waals surface area (Å²) in [5.41, 5.74) is 8.26. The molecule has 4 N–H and O–H groups in total. The van der Waals surface area contributed by atoms with Crippen LogP contribution in [0.15, 0.2) is 90.6 Å². The van der Waals surface area contributed by atoms with Gasteiger partial charge in [-0.2, -0.15) is 10.5 Å². The number of amides is 2. The lowest BCUT2D eigenvalue weighted by atomic mass is 10.0. The van der Waals surface area contributed by atoms with E-state index < -0.39 is 17.7 Å². The van der Waals surface area contributed by atoms with Crippen LogP contribution in [0.3, 0.4) is 0 Å². The van der Waals surface area contributed by atoms with Gasteiger partial charge in [-0.25, -0.2) is 23.5 Å². The molecule has 300 valence electrons. The highest BCUT2D eigenvalue weighted by Crippen LogP contribution is 2.39. The summed E-state index contributed by atoms with van der Waals surface area (Å²) >= 11 is 1.25. The number of ether oxygens (including phenoxy) is 6. The number of hydrogen-bond acceptors (Lipinski definition) is 14. The van der Waals surface area contributed by atoms with E-state index in [0.717, 1.165) is 11.6 Å². The molecule has 2 fully saturated rings. The van der Waals surface area contributed by atoms with Crippen LogP contribution in [0.25, 0.3) is 21.8 Å². The molecule has 3 aromatic heterocycles. The van der Waals surface area contributed by atoms with Gasteiger partial charge in [0.15, 0.2) is 5.13 Å². The maximum atomic E-state index is 14.6. The summed E-state index contributed by atoms with van der Waals surface area (Å²) in [4.78, 5) is 24.7. The van der Waals surface area contributed by atoms with E-state index in [0.29, 0.717) is 81.0 Å². The number of fused-ring (bicyclic) bond motifs is 2. The summed E-state index contributed by atoms with van der Waals surface area (Å²) in [7, 11) is 1.50. The number of nitrogens with one attached hydrogen (secondary N) is 2. The van der Waals surface area contributed by atoms with Crippen LogP contribution in [0.5, 0.6) is 34.6 Å². The van der Waals surface area contributed by atoms with Crippen LogP contribution in [-0.2, 0) is 9.47 Å². The minimum atomic E-state index is -0.680. The van der Waals surface area contributed by atoms with Crippen LogP contribution in [0.4, 0.5) is 30.1 Å². The van der Waals surface area contributed by atoms with Gasteiger partial charge < -0.3 is 39.5 Å². The molecular weight excluding hydrogens is 799 g/mol. The molecular formula is C42H30F2N8O7S. The first-order valence-electron chi connectivity index (χ1n) is 18.0. The van der Waals surface area contributed by atoms with E-state index in [4.69, 9.17) is 34.2 Å². The van der Waals surface area contributed by atoms with E-state index in [1.165, 1.54) is 42.7 Å². The van der Waals surface area contributed by atoms with Crippen LogP contribution >= 0.6 is 11.3 Å². The number of carbonyl (C=O) groups excluding carboxylic acids is 1. The van der Waals surface area contributed by atoms with Crippen molar-refractivity contribution in [3.05, 3.63) is 119 Å². The average Bonchev–Trinajstić information content (AvgIpc) is 4.20. The van der Waals surface area contributed by atoms with Gasteiger partial charge in [0.25, 0.3) is 0 Å². The summed E-state index contributed by atoms with van der Waals surface area (Å²) in [5, 5.41) is 27.2. The normalized spacial score (nSPS) is 14.8. The Labute approximate surface area is 343 Å². The zero-order valence-corrected chi connectivity index (χ0v) is 32.1. The lowest BCUT2D eigenvalue weighted by molar-refractivity contribution is 0.262. The number of nitrogens with two attached hydrogens (primary N) is 1. The molecule has 2 saturated heterocycles. The van der Waals surface area contributed by atoms with Crippen molar-refractivity contribution in [3.8, 4) is 46.8 Å². The lowest BCUT2D eigenvalue weighted by Gasteiger charge is -2.12. The van der Waals surface area contributed by atoms with Crippen molar-refractivity contribution in [2.45, 2.75) is 12.2 Å². The van der Waals surface area contributed by atoms with Gasteiger partial charge in [-0.15, -0.1) is 11.3 Å². The minimum absolute atomic E-state index is 0.0193. The zero-order chi connectivity index (χ0) is 41.8. The van der Waals surface area contributed by atoms with Gasteiger partial charge in [0, 0.05) is 58.4 Å². The number of thiazole rings is 1. The van der Waals surface area contributed by atoms with Gasteiger partial charge in [0.1, 0.15) is 65.3 Å². The third kappa shape index (κ3) is 9.06. The maximum absolute atomic E-state index is 14.6. The summed E-state index contributed by atoms with van der Waals surface area (Å²) in [6.07, 6.45) is 3.06. The van der Waals surface area contributed by atoms with Crippen LogP contribution in [0.2, 0.25) is 0 Å². The first kappa shape index (κ1) is 39.2. The average molecular weight is 829 g/mol. The van der Waals surface area contributed by atoms with E-state index >= 15 is 0 Å². The molecule has 0 saturated carbocycles. The van der Waals surface area contributed by atoms with Crippen molar-refractivity contribution in [2.24, 2.45) is 0 Å². The molecule has 0 unspecified atom stereocenters. The number of nitriles is 2. The van der Waals surface area contributed by atoms with Crippen molar-refractivity contribution >= 4 is 55.7 Å². The number of methoxy groups -OCH3 is 1. The third-order valence-corrected chi connectivity index (χ3v) is 9.64. The minimum Gasteiger partial charge on any atom is -0.489 e. The first-order valence-corrected chi connectivity index (χ1v) is 18.9. The number of hydrogen-bond donors (Lipinski definition) is 3. The van der Waals surface area contributed by atoms with Gasteiger partial charge in [0.2, 0.25) is 5.88 Å². The molecule has 15 nitrogen and oxygen atoms in total. The number of rotatable bonds is 11. The number of anilines is 3. The van der Waals surface area contributed by atoms with Crippen molar-refractivity contribution in [1.29, 1.82) is 10.5 Å². The van der Waals surface area contributed by atoms with Gasteiger partial charge in [-0.3, -0.25) is 10.3 Å². The molecule has 4 aromatic carbocycles. The number of nitrogen functional groups attached to an aromatic ring is 1. The highest BCUT2D eigenvalue weighted by atomic mass is 32.1. The Morgan fingerprint density at radius 1 is 0.850 bits per heavy atom. The number of epoxide rings is 2. The summed E-state index contributed by atoms with van der Waals surface area (Å²) in [5.74, 6) is 0.777. The Morgan fingerprint density at radius 3 is 2.27 bits per heavy atom. The number of carbonyl (C=O) groups is 1. The fraction of sp³-hybridized carbons (Fsp3) is 0.143. The molecule has 2 amide bonds. The fourth-order valence-corrected chi connectivity index (χ4v) is 6.35. The second-order valence-corrected chi connectivity index (χ2v) is 13.9. The van der Waals surface area contributed by atoms with Crippen molar-refractivity contribution in [2.75, 3.05) is 43.3 Å². The van der Waals surface area contributed by atoms with Crippen LogP contribution < -0.4 is 35.3 Å². The highest BCUT2D eigenvalue weighted by molar-refractivity contribution is 7.13. The second kappa shape index (κ2) is 17.1. The molecule has 0 aliphatic carbocycles. The summed E-state index contributed by atoms with van der Waals surface area (Å²) < 4.78 is 61.4. The number of benzene rings is 4. The third-order valence-electron chi connectivity index (χ3n) is 8.95. The predicted octanol–water partition coefficient (Wildman–Crippen LogP) is 8.62. The second-order valence-electron chi connectivity index (χ2n) is 13.1. The van der Waals surface area contributed by atoms with Crippen molar-refractivity contribution < 1.29 is 42.0 Å². The largest absolute Gasteiger partial charge is 0.489 e. The van der Waals surface area contributed by atoms with Gasteiger partial charge in [-0.05, 0) is 48.5 Å².